The molecule has 0 aliphatic heterocycles. The summed E-state index contributed by atoms with van der Waals surface area (Å²) >= 11 is 0. The minimum atomic E-state index is 0.0250. The number of hydrogen-bond acceptors (Lipinski definition) is 2. The van der Waals surface area contributed by atoms with Crippen LogP contribution in [0.25, 0.3) is 0 Å². The highest BCUT2D eigenvalue weighted by atomic mass is 16.2. The minimum absolute atomic E-state index is 0.0250. The molecule has 3 N–H and O–H groups in total. The van der Waals surface area contributed by atoms with Gasteiger partial charge in [0, 0.05) is 6.04 Å². The van der Waals surface area contributed by atoms with Gasteiger partial charge in [-0.05, 0) is 63.0 Å². The molecule has 2 bridgehead atoms. The van der Waals surface area contributed by atoms with Gasteiger partial charge >= 0.3 is 0 Å². The van der Waals surface area contributed by atoms with Crippen LogP contribution in [0.2, 0.25) is 0 Å². The number of benzene rings is 1. The summed E-state index contributed by atoms with van der Waals surface area (Å²) in [6.45, 7) is 6.26. The molecule has 1 aromatic carbocycles. The molecule has 3 rings (SSSR count). The summed E-state index contributed by atoms with van der Waals surface area (Å²) in [5, 5.41) is 3.19. The largest absolute Gasteiger partial charge is 0.349 e. The van der Waals surface area contributed by atoms with Gasteiger partial charge in [-0.2, -0.15) is 0 Å². The molecule has 0 radical (unpaired) electrons. The molecule has 1 aromatic rings. The maximum absolute atomic E-state index is 12.6. The van der Waals surface area contributed by atoms with Gasteiger partial charge in [-0.3, -0.25) is 4.79 Å². The van der Waals surface area contributed by atoms with Crippen molar-refractivity contribution in [1.82, 2.24) is 5.32 Å². The van der Waals surface area contributed by atoms with Crippen molar-refractivity contribution in [2.45, 2.75) is 52.1 Å². The first-order valence-electron chi connectivity index (χ1n) is 8.10. The smallest absolute Gasteiger partial charge is 0.225 e. The Morgan fingerprint density at radius 1 is 1.29 bits per heavy atom. The van der Waals surface area contributed by atoms with Crippen LogP contribution in [-0.2, 0) is 4.79 Å². The van der Waals surface area contributed by atoms with Gasteiger partial charge < -0.3 is 11.1 Å². The first-order chi connectivity index (χ1) is 9.97. The summed E-state index contributed by atoms with van der Waals surface area (Å²) in [6, 6.07) is 6.51. The van der Waals surface area contributed by atoms with Crippen LogP contribution in [-0.4, -0.2) is 11.9 Å². The van der Waals surface area contributed by atoms with Crippen LogP contribution >= 0.6 is 0 Å². The van der Waals surface area contributed by atoms with Crippen molar-refractivity contribution in [1.29, 1.82) is 0 Å². The predicted octanol–water partition coefficient (Wildman–Crippen LogP) is 2.85. The molecule has 5 unspecified atom stereocenters. The first kappa shape index (κ1) is 14.6. The molecular weight excluding hydrogens is 260 g/mol. The number of rotatable bonds is 3. The van der Waals surface area contributed by atoms with Crippen molar-refractivity contribution >= 4 is 5.91 Å². The molecule has 5 atom stereocenters. The molecule has 3 heteroatoms. The SMILES string of the molecule is Cc1ccc(C(C)NC(=O)C2C3CCC(C3)C2N)c(C)c1. The van der Waals surface area contributed by atoms with Crippen molar-refractivity contribution < 1.29 is 4.79 Å². The van der Waals surface area contributed by atoms with Crippen molar-refractivity contribution in [3.63, 3.8) is 0 Å². The van der Waals surface area contributed by atoms with E-state index in [-0.39, 0.29) is 23.9 Å². The normalized spacial score (nSPS) is 32.2. The van der Waals surface area contributed by atoms with Gasteiger partial charge in [0.05, 0.1) is 12.0 Å². The highest BCUT2D eigenvalue weighted by molar-refractivity contribution is 5.81. The van der Waals surface area contributed by atoms with Crippen LogP contribution in [0.15, 0.2) is 18.2 Å². The summed E-state index contributed by atoms with van der Waals surface area (Å²) in [5.41, 5.74) is 9.96. The topological polar surface area (TPSA) is 55.1 Å². The van der Waals surface area contributed by atoms with Crippen molar-refractivity contribution in [3.05, 3.63) is 34.9 Å². The lowest BCUT2D eigenvalue weighted by molar-refractivity contribution is -0.127. The summed E-state index contributed by atoms with van der Waals surface area (Å²) in [4.78, 5) is 12.6. The molecule has 0 spiro atoms. The van der Waals surface area contributed by atoms with Crippen molar-refractivity contribution in [2.75, 3.05) is 0 Å². The number of nitrogens with one attached hydrogen (secondary N) is 1. The van der Waals surface area contributed by atoms with Gasteiger partial charge in [0.15, 0.2) is 0 Å². The number of amides is 1. The Bertz CT molecular complexity index is 552. The number of nitrogens with two attached hydrogens (primary N) is 1. The second kappa shape index (κ2) is 5.45. The Labute approximate surface area is 127 Å². The molecule has 0 saturated heterocycles. The van der Waals surface area contributed by atoms with E-state index in [2.05, 4.69) is 44.3 Å². The highest BCUT2D eigenvalue weighted by Crippen LogP contribution is 2.47. The second-order valence-electron chi connectivity index (χ2n) is 7.03. The van der Waals surface area contributed by atoms with Crippen LogP contribution in [0, 0.1) is 31.6 Å². The first-order valence-corrected chi connectivity index (χ1v) is 8.10. The molecule has 2 fully saturated rings. The van der Waals surface area contributed by atoms with Gasteiger partial charge in [-0.25, -0.2) is 0 Å². The van der Waals surface area contributed by atoms with Crippen molar-refractivity contribution in [2.24, 2.45) is 23.5 Å². The number of hydrogen-bond donors (Lipinski definition) is 2. The van der Waals surface area contributed by atoms with Crippen LogP contribution in [0.5, 0.6) is 0 Å². The fourth-order valence-corrected chi connectivity index (χ4v) is 4.42. The lowest BCUT2D eigenvalue weighted by Gasteiger charge is -2.28. The summed E-state index contributed by atoms with van der Waals surface area (Å²) in [7, 11) is 0. The quantitative estimate of drug-likeness (QED) is 0.897. The third-order valence-electron chi connectivity index (χ3n) is 5.53. The van der Waals surface area contributed by atoms with E-state index < -0.39 is 0 Å². The third-order valence-corrected chi connectivity index (χ3v) is 5.53. The zero-order chi connectivity index (χ0) is 15.1. The maximum Gasteiger partial charge on any atom is 0.225 e. The highest BCUT2D eigenvalue weighted by Gasteiger charge is 2.49. The molecule has 3 nitrogen and oxygen atoms in total. The van der Waals surface area contributed by atoms with E-state index in [1.165, 1.54) is 29.5 Å². The standard InChI is InChI=1S/C18H26N2O/c1-10-4-7-15(11(2)8-10)12(3)20-18(21)16-13-5-6-14(9-13)17(16)19/h4,7-8,12-14,16-17H,5-6,9,19H2,1-3H3,(H,20,21). The zero-order valence-corrected chi connectivity index (χ0v) is 13.2. The van der Waals surface area contributed by atoms with Gasteiger partial charge in [-0.1, -0.05) is 23.8 Å². The monoisotopic (exact) mass is 286 g/mol. The second-order valence-corrected chi connectivity index (χ2v) is 7.03. The van der Waals surface area contributed by atoms with Crippen LogP contribution in [0.1, 0.15) is 48.9 Å². The lowest BCUT2D eigenvalue weighted by atomic mass is 9.84. The Balaban J connectivity index is 1.70. The lowest BCUT2D eigenvalue weighted by Crippen LogP contribution is -2.45. The van der Waals surface area contributed by atoms with E-state index in [1.807, 2.05) is 0 Å². The summed E-state index contributed by atoms with van der Waals surface area (Å²) < 4.78 is 0. The molecule has 0 heterocycles. The van der Waals surface area contributed by atoms with Crippen LogP contribution in [0.3, 0.4) is 0 Å². The molecular formula is C18H26N2O. The third kappa shape index (κ3) is 2.59. The van der Waals surface area contributed by atoms with E-state index >= 15 is 0 Å². The molecule has 21 heavy (non-hydrogen) atoms. The van der Waals surface area contributed by atoms with Gasteiger partial charge in [-0.15, -0.1) is 0 Å². The van der Waals surface area contributed by atoms with Gasteiger partial charge in [0.2, 0.25) is 5.91 Å². The van der Waals surface area contributed by atoms with E-state index in [4.69, 9.17) is 5.73 Å². The Kier molecular flexibility index (Phi) is 3.78. The number of carbonyl (C=O) groups excluding carboxylic acids is 1. The minimum Gasteiger partial charge on any atom is -0.349 e. The number of fused-ring (bicyclic) bond motifs is 2. The van der Waals surface area contributed by atoms with E-state index in [1.54, 1.807) is 0 Å². The molecule has 1 amide bonds. The molecule has 0 aromatic heterocycles. The fourth-order valence-electron chi connectivity index (χ4n) is 4.42. The number of aryl methyl sites for hydroxylation is 2. The average Bonchev–Trinajstić information content (AvgIpc) is 2.98. The van der Waals surface area contributed by atoms with Crippen LogP contribution < -0.4 is 11.1 Å². The molecule has 2 saturated carbocycles. The van der Waals surface area contributed by atoms with Crippen molar-refractivity contribution in [3.8, 4) is 0 Å². The Morgan fingerprint density at radius 2 is 2.00 bits per heavy atom. The van der Waals surface area contributed by atoms with Gasteiger partial charge in [0.25, 0.3) is 0 Å². The van der Waals surface area contributed by atoms with E-state index in [0.29, 0.717) is 11.8 Å². The summed E-state index contributed by atoms with van der Waals surface area (Å²) in [6.07, 6.45) is 3.54. The fraction of sp³-hybridized carbons (Fsp3) is 0.611. The Morgan fingerprint density at radius 3 is 2.62 bits per heavy atom. The summed E-state index contributed by atoms with van der Waals surface area (Å²) in [5.74, 6) is 1.26. The zero-order valence-electron chi connectivity index (χ0n) is 13.2. The average molecular weight is 286 g/mol. The predicted molar refractivity (Wildman–Crippen MR) is 84.8 cm³/mol. The van der Waals surface area contributed by atoms with E-state index in [0.717, 1.165) is 6.42 Å². The van der Waals surface area contributed by atoms with E-state index in [9.17, 15) is 4.79 Å². The maximum atomic E-state index is 12.6. The molecule has 2 aliphatic rings. The Hall–Kier alpha value is -1.35. The molecule has 114 valence electrons. The number of carbonyl (C=O) groups is 1. The van der Waals surface area contributed by atoms with Crippen LogP contribution in [0.4, 0.5) is 0 Å². The molecule has 2 aliphatic carbocycles. The van der Waals surface area contributed by atoms with Gasteiger partial charge in [0.1, 0.15) is 0 Å².